The van der Waals surface area contributed by atoms with Crippen molar-refractivity contribution in [2.75, 3.05) is 6.54 Å². The van der Waals surface area contributed by atoms with E-state index in [0.717, 1.165) is 6.42 Å². The number of amides is 1. The van der Waals surface area contributed by atoms with Crippen LogP contribution < -0.4 is 11.1 Å². The molecular weight excluding hydrogens is 208 g/mol. The van der Waals surface area contributed by atoms with Gasteiger partial charge >= 0.3 is 5.97 Å². The summed E-state index contributed by atoms with van der Waals surface area (Å²) in [4.78, 5) is 22.1. The highest BCUT2D eigenvalue weighted by atomic mass is 16.4. The minimum atomic E-state index is -0.832. The van der Waals surface area contributed by atoms with Crippen LogP contribution in [0.15, 0.2) is 0 Å². The third-order valence-corrected chi connectivity index (χ3v) is 2.81. The Bertz CT molecular complexity index is 241. The van der Waals surface area contributed by atoms with Crippen LogP contribution in [0, 0.1) is 11.8 Å². The number of hydrogen-bond donors (Lipinski definition) is 3. The summed E-state index contributed by atoms with van der Waals surface area (Å²) >= 11 is 0. The minimum Gasteiger partial charge on any atom is -0.481 e. The number of carbonyl (C=O) groups is 2. The highest BCUT2D eigenvalue weighted by molar-refractivity contribution is 5.79. The molecule has 0 bridgehead atoms. The van der Waals surface area contributed by atoms with E-state index in [1.807, 2.05) is 6.92 Å². The van der Waals surface area contributed by atoms with Gasteiger partial charge < -0.3 is 16.2 Å². The van der Waals surface area contributed by atoms with Crippen LogP contribution in [0.2, 0.25) is 0 Å². The molecule has 0 aromatic rings. The minimum absolute atomic E-state index is 0.0123. The molecule has 0 saturated carbocycles. The van der Waals surface area contributed by atoms with E-state index in [-0.39, 0.29) is 30.2 Å². The summed E-state index contributed by atoms with van der Waals surface area (Å²) in [7, 11) is 0. The first-order valence-corrected chi connectivity index (χ1v) is 5.63. The zero-order valence-electron chi connectivity index (χ0n) is 10.2. The average Bonchev–Trinajstić information content (AvgIpc) is 2.21. The SMILES string of the molecule is CCC(CNC(=O)C(C)C(C)N)CC(=O)O. The van der Waals surface area contributed by atoms with E-state index in [2.05, 4.69) is 5.32 Å². The molecule has 0 aliphatic carbocycles. The van der Waals surface area contributed by atoms with E-state index in [0.29, 0.717) is 6.54 Å². The highest BCUT2D eigenvalue weighted by Crippen LogP contribution is 2.07. The van der Waals surface area contributed by atoms with Gasteiger partial charge in [-0.05, 0) is 12.8 Å². The standard InChI is InChI=1S/C11H22N2O3/c1-4-9(5-10(14)15)6-13-11(16)7(2)8(3)12/h7-9H,4-6,12H2,1-3H3,(H,13,16)(H,14,15). The van der Waals surface area contributed by atoms with Gasteiger partial charge in [0.25, 0.3) is 0 Å². The number of rotatable bonds is 7. The lowest BCUT2D eigenvalue weighted by atomic mass is 10.0. The van der Waals surface area contributed by atoms with Crippen LogP contribution in [0.4, 0.5) is 0 Å². The highest BCUT2D eigenvalue weighted by Gasteiger charge is 2.18. The van der Waals surface area contributed by atoms with Crippen LogP contribution in [0.3, 0.4) is 0 Å². The molecule has 16 heavy (non-hydrogen) atoms. The largest absolute Gasteiger partial charge is 0.481 e. The lowest BCUT2D eigenvalue weighted by Gasteiger charge is -2.18. The molecule has 0 aliphatic rings. The molecule has 3 unspecified atom stereocenters. The maximum Gasteiger partial charge on any atom is 0.303 e. The van der Waals surface area contributed by atoms with Crippen molar-refractivity contribution in [3.05, 3.63) is 0 Å². The normalized spacial score (nSPS) is 16.2. The van der Waals surface area contributed by atoms with Gasteiger partial charge in [0.1, 0.15) is 0 Å². The average molecular weight is 230 g/mol. The van der Waals surface area contributed by atoms with Crippen LogP contribution >= 0.6 is 0 Å². The fourth-order valence-electron chi connectivity index (χ4n) is 1.25. The maximum atomic E-state index is 11.6. The number of hydrogen-bond acceptors (Lipinski definition) is 3. The van der Waals surface area contributed by atoms with Gasteiger partial charge in [-0.3, -0.25) is 9.59 Å². The third-order valence-electron chi connectivity index (χ3n) is 2.81. The summed E-state index contributed by atoms with van der Waals surface area (Å²) in [5.74, 6) is -1.20. The summed E-state index contributed by atoms with van der Waals surface area (Å²) in [6, 6.07) is -0.195. The number of aliphatic carboxylic acids is 1. The van der Waals surface area contributed by atoms with Crippen molar-refractivity contribution in [2.45, 2.75) is 39.7 Å². The quantitative estimate of drug-likeness (QED) is 0.596. The van der Waals surface area contributed by atoms with Crippen LogP contribution in [-0.2, 0) is 9.59 Å². The Balaban J connectivity index is 4.01. The first kappa shape index (κ1) is 14.9. The lowest BCUT2D eigenvalue weighted by Crippen LogP contribution is -2.40. The molecule has 0 heterocycles. The second-order valence-corrected chi connectivity index (χ2v) is 4.27. The van der Waals surface area contributed by atoms with Crippen molar-refractivity contribution in [1.29, 1.82) is 0 Å². The van der Waals surface area contributed by atoms with Gasteiger partial charge in [-0.1, -0.05) is 20.3 Å². The summed E-state index contributed by atoms with van der Waals surface area (Å²) in [6.07, 6.45) is 0.822. The van der Waals surface area contributed by atoms with Gasteiger partial charge in [0.2, 0.25) is 5.91 Å². The zero-order chi connectivity index (χ0) is 12.7. The van der Waals surface area contributed by atoms with Crippen molar-refractivity contribution in [2.24, 2.45) is 17.6 Å². The van der Waals surface area contributed by atoms with Crippen LogP contribution in [0.1, 0.15) is 33.6 Å². The molecule has 0 aliphatic heterocycles. The van der Waals surface area contributed by atoms with Gasteiger partial charge in [0, 0.05) is 24.9 Å². The fraction of sp³-hybridized carbons (Fsp3) is 0.818. The van der Waals surface area contributed by atoms with Crippen molar-refractivity contribution < 1.29 is 14.7 Å². The van der Waals surface area contributed by atoms with Gasteiger partial charge in [-0.2, -0.15) is 0 Å². The Kier molecular flexibility index (Phi) is 6.72. The first-order chi connectivity index (χ1) is 7.38. The Hall–Kier alpha value is -1.10. The van der Waals surface area contributed by atoms with Crippen LogP contribution in [0.25, 0.3) is 0 Å². The molecule has 4 N–H and O–H groups in total. The molecule has 94 valence electrons. The number of nitrogens with one attached hydrogen (secondary N) is 1. The molecule has 0 saturated heterocycles. The molecular formula is C11H22N2O3. The number of nitrogens with two attached hydrogens (primary N) is 1. The van der Waals surface area contributed by atoms with Crippen molar-refractivity contribution in [3.8, 4) is 0 Å². The molecule has 0 fully saturated rings. The van der Waals surface area contributed by atoms with E-state index in [1.165, 1.54) is 0 Å². The monoisotopic (exact) mass is 230 g/mol. The van der Waals surface area contributed by atoms with Gasteiger partial charge in [0.15, 0.2) is 0 Å². The summed E-state index contributed by atoms with van der Waals surface area (Å²) < 4.78 is 0. The number of carboxylic acid groups (broad SMARTS) is 1. The Morgan fingerprint density at radius 1 is 1.38 bits per heavy atom. The molecule has 5 nitrogen and oxygen atoms in total. The molecule has 0 aromatic carbocycles. The van der Waals surface area contributed by atoms with Crippen LogP contribution in [-0.4, -0.2) is 29.6 Å². The second kappa shape index (κ2) is 7.22. The smallest absolute Gasteiger partial charge is 0.303 e. The topological polar surface area (TPSA) is 92.4 Å². The van der Waals surface area contributed by atoms with Gasteiger partial charge in [0.05, 0.1) is 0 Å². The van der Waals surface area contributed by atoms with Crippen LogP contribution in [0.5, 0.6) is 0 Å². The summed E-state index contributed by atoms with van der Waals surface area (Å²) in [5.41, 5.74) is 5.60. The van der Waals surface area contributed by atoms with E-state index in [1.54, 1.807) is 13.8 Å². The molecule has 1 amide bonds. The fourth-order valence-corrected chi connectivity index (χ4v) is 1.25. The Morgan fingerprint density at radius 2 is 1.94 bits per heavy atom. The van der Waals surface area contributed by atoms with Crippen molar-refractivity contribution in [3.63, 3.8) is 0 Å². The van der Waals surface area contributed by atoms with Crippen molar-refractivity contribution >= 4 is 11.9 Å². The van der Waals surface area contributed by atoms with E-state index < -0.39 is 5.97 Å². The number of carbonyl (C=O) groups excluding carboxylic acids is 1. The zero-order valence-corrected chi connectivity index (χ0v) is 10.2. The van der Waals surface area contributed by atoms with Gasteiger partial charge in [-0.15, -0.1) is 0 Å². The Morgan fingerprint density at radius 3 is 2.31 bits per heavy atom. The molecule has 3 atom stereocenters. The third kappa shape index (κ3) is 5.70. The van der Waals surface area contributed by atoms with E-state index in [4.69, 9.17) is 10.8 Å². The predicted octanol–water partition coefficient (Wildman–Crippen LogP) is 0.587. The molecule has 0 rings (SSSR count). The molecule has 5 heteroatoms. The lowest BCUT2D eigenvalue weighted by molar-refractivity contribution is -0.138. The molecule has 0 spiro atoms. The number of carboxylic acids is 1. The first-order valence-electron chi connectivity index (χ1n) is 5.63. The summed E-state index contributed by atoms with van der Waals surface area (Å²) in [5, 5.41) is 11.4. The summed E-state index contributed by atoms with van der Waals surface area (Å²) in [6.45, 7) is 5.85. The van der Waals surface area contributed by atoms with Crippen molar-refractivity contribution in [1.82, 2.24) is 5.32 Å². The second-order valence-electron chi connectivity index (χ2n) is 4.27. The van der Waals surface area contributed by atoms with E-state index in [9.17, 15) is 9.59 Å². The maximum absolute atomic E-state index is 11.6. The predicted molar refractivity (Wildman–Crippen MR) is 61.9 cm³/mol. The van der Waals surface area contributed by atoms with Gasteiger partial charge in [-0.25, -0.2) is 0 Å². The molecule has 0 aromatic heterocycles. The Labute approximate surface area is 96.4 Å². The molecule has 0 radical (unpaired) electrons. The van der Waals surface area contributed by atoms with E-state index >= 15 is 0 Å².